The fraction of sp³-hybridized carbons (Fsp3) is 0.346. The third-order valence-corrected chi connectivity index (χ3v) is 6.53. The first-order valence-electron chi connectivity index (χ1n) is 11.0. The van der Waals surface area contributed by atoms with Crippen molar-refractivity contribution in [1.82, 2.24) is 5.32 Å². The molecular weight excluding hydrogens is 418 g/mol. The average Bonchev–Trinajstić information content (AvgIpc) is 2.71. The Morgan fingerprint density at radius 2 is 1.81 bits per heavy atom. The Hall–Kier alpha value is -2.99. The van der Waals surface area contributed by atoms with E-state index in [0.29, 0.717) is 17.6 Å². The van der Waals surface area contributed by atoms with Gasteiger partial charge in [-0.2, -0.15) is 0 Å². The third-order valence-electron chi connectivity index (χ3n) is 6.24. The van der Waals surface area contributed by atoms with Gasteiger partial charge in [-0.25, -0.2) is 0 Å². The van der Waals surface area contributed by atoms with Gasteiger partial charge in [-0.1, -0.05) is 31.2 Å². The van der Waals surface area contributed by atoms with Gasteiger partial charge in [0.25, 0.3) is 11.8 Å². The number of hydrogen-bond donors (Lipinski definition) is 1. The lowest BCUT2D eigenvalue weighted by Gasteiger charge is -2.50. The Kier molecular flexibility index (Phi) is 5.67. The molecule has 6 heteroatoms. The molecule has 0 radical (unpaired) electrons. The van der Waals surface area contributed by atoms with Crippen molar-refractivity contribution in [2.24, 2.45) is 0 Å². The number of thiocarbonyl (C=S) groups is 1. The van der Waals surface area contributed by atoms with E-state index in [1.807, 2.05) is 24.3 Å². The molecule has 2 aromatic carbocycles. The summed E-state index contributed by atoms with van der Waals surface area (Å²) in [7, 11) is 0. The van der Waals surface area contributed by atoms with Crippen molar-refractivity contribution < 1.29 is 9.59 Å². The van der Waals surface area contributed by atoms with Gasteiger partial charge in [-0.3, -0.25) is 19.8 Å². The Bertz CT molecular complexity index is 1120. The number of benzene rings is 2. The number of anilines is 2. The summed E-state index contributed by atoms with van der Waals surface area (Å²) in [6, 6.07) is 15.7. The van der Waals surface area contributed by atoms with Crippen LogP contribution < -0.4 is 15.1 Å². The standard InChI is InChI=1S/C26H29N3O2S/c1-16(2)29-22-12-11-18(13-20(22)17(3)15-26(29,4)5)14-21-23(30)27-25(32)28(24(21)31)19-9-7-6-8-10-19/h6-14,16-17H,15H2,1-5H3,(H,27,30,32)/b21-14+/t17-/m1/s1. The van der Waals surface area contributed by atoms with Crippen LogP contribution in [-0.2, 0) is 9.59 Å². The van der Waals surface area contributed by atoms with Crippen LogP contribution in [0.2, 0.25) is 0 Å². The Morgan fingerprint density at radius 3 is 2.47 bits per heavy atom. The minimum Gasteiger partial charge on any atom is -0.364 e. The Labute approximate surface area is 195 Å². The van der Waals surface area contributed by atoms with Gasteiger partial charge in [-0.05, 0) is 93.7 Å². The van der Waals surface area contributed by atoms with E-state index in [9.17, 15) is 9.59 Å². The van der Waals surface area contributed by atoms with Crippen LogP contribution in [0, 0.1) is 0 Å². The predicted octanol–water partition coefficient (Wildman–Crippen LogP) is 5.02. The van der Waals surface area contributed by atoms with E-state index < -0.39 is 11.8 Å². The normalized spacial score (nSPS) is 21.8. The van der Waals surface area contributed by atoms with Crippen LogP contribution in [0.5, 0.6) is 0 Å². The molecule has 0 saturated carbocycles. The molecule has 2 amide bonds. The molecule has 1 atom stereocenters. The van der Waals surface area contributed by atoms with Crippen LogP contribution in [0.4, 0.5) is 11.4 Å². The fourth-order valence-electron chi connectivity index (χ4n) is 5.17. The minimum absolute atomic E-state index is 0.0612. The second-order valence-electron chi connectivity index (χ2n) is 9.49. The van der Waals surface area contributed by atoms with Gasteiger partial charge in [0.15, 0.2) is 5.11 Å². The van der Waals surface area contributed by atoms with Crippen LogP contribution >= 0.6 is 12.2 Å². The number of hydrogen-bond acceptors (Lipinski definition) is 4. The second-order valence-corrected chi connectivity index (χ2v) is 9.88. The van der Waals surface area contributed by atoms with E-state index in [1.165, 1.54) is 16.2 Å². The van der Waals surface area contributed by atoms with E-state index in [4.69, 9.17) is 12.2 Å². The maximum Gasteiger partial charge on any atom is 0.270 e. The fourth-order valence-corrected chi connectivity index (χ4v) is 5.45. The lowest BCUT2D eigenvalue weighted by molar-refractivity contribution is -0.122. The zero-order valence-corrected chi connectivity index (χ0v) is 20.0. The molecule has 0 spiro atoms. The van der Waals surface area contributed by atoms with Crippen molar-refractivity contribution >= 4 is 46.6 Å². The lowest BCUT2D eigenvalue weighted by Crippen LogP contribution is -2.54. The molecule has 5 nitrogen and oxygen atoms in total. The molecule has 2 aliphatic heterocycles. The van der Waals surface area contributed by atoms with E-state index in [0.717, 1.165) is 12.0 Å². The van der Waals surface area contributed by atoms with Crippen molar-refractivity contribution in [3.05, 3.63) is 65.2 Å². The van der Waals surface area contributed by atoms with Crippen molar-refractivity contribution in [1.29, 1.82) is 0 Å². The summed E-state index contributed by atoms with van der Waals surface area (Å²) in [4.78, 5) is 29.7. The number of para-hydroxylation sites is 1. The van der Waals surface area contributed by atoms with Gasteiger partial charge in [0.1, 0.15) is 5.57 Å². The molecule has 1 fully saturated rings. The molecular formula is C26H29N3O2S. The molecule has 32 heavy (non-hydrogen) atoms. The van der Waals surface area contributed by atoms with Gasteiger partial charge in [-0.15, -0.1) is 0 Å². The summed E-state index contributed by atoms with van der Waals surface area (Å²) in [5.74, 6) is -0.513. The van der Waals surface area contributed by atoms with Crippen LogP contribution in [0.1, 0.15) is 58.1 Å². The lowest BCUT2D eigenvalue weighted by atomic mass is 9.78. The molecule has 0 aliphatic carbocycles. The molecule has 2 aromatic rings. The summed E-state index contributed by atoms with van der Waals surface area (Å²) < 4.78 is 0. The number of fused-ring (bicyclic) bond motifs is 1. The molecule has 0 aromatic heterocycles. The van der Waals surface area contributed by atoms with Gasteiger partial charge < -0.3 is 4.90 Å². The summed E-state index contributed by atoms with van der Waals surface area (Å²) in [6.45, 7) is 11.2. The largest absolute Gasteiger partial charge is 0.364 e. The predicted molar refractivity (Wildman–Crippen MR) is 134 cm³/mol. The summed E-state index contributed by atoms with van der Waals surface area (Å²) >= 11 is 5.28. The molecule has 1 saturated heterocycles. The monoisotopic (exact) mass is 447 g/mol. The van der Waals surface area contributed by atoms with Gasteiger partial charge in [0.05, 0.1) is 5.69 Å². The first kappa shape index (κ1) is 22.2. The maximum absolute atomic E-state index is 13.2. The van der Waals surface area contributed by atoms with Crippen LogP contribution in [-0.4, -0.2) is 28.5 Å². The number of carbonyl (C=O) groups excluding carboxylic acids is 2. The zero-order valence-electron chi connectivity index (χ0n) is 19.2. The highest BCUT2D eigenvalue weighted by Crippen LogP contribution is 2.44. The molecule has 4 rings (SSSR count). The number of nitrogens with one attached hydrogen (secondary N) is 1. The maximum atomic E-state index is 13.2. The second kappa shape index (κ2) is 8.17. The molecule has 2 heterocycles. The molecule has 0 unspecified atom stereocenters. The first-order chi connectivity index (χ1) is 15.1. The minimum atomic E-state index is -0.470. The SMILES string of the molecule is CC(C)N1c2ccc(/C=C3\C(=O)NC(=S)N(c4ccccc4)C3=O)cc2[C@H](C)CC1(C)C. The Morgan fingerprint density at radius 1 is 1.12 bits per heavy atom. The highest BCUT2D eigenvalue weighted by atomic mass is 32.1. The van der Waals surface area contributed by atoms with Gasteiger partial charge in [0, 0.05) is 17.3 Å². The molecule has 1 N–H and O–H groups in total. The molecule has 2 aliphatic rings. The van der Waals surface area contributed by atoms with Crippen molar-refractivity contribution in [2.45, 2.75) is 58.5 Å². The number of amides is 2. The van der Waals surface area contributed by atoms with Crippen LogP contribution in [0.3, 0.4) is 0 Å². The van der Waals surface area contributed by atoms with E-state index in [2.05, 4.69) is 57.0 Å². The zero-order chi connectivity index (χ0) is 23.2. The number of nitrogens with zero attached hydrogens (tertiary/aromatic N) is 2. The number of rotatable bonds is 3. The van der Waals surface area contributed by atoms with Crippen molar-refractivity contribution in [2.75, 3.05) is 9.80 Å². The average molecular weight is 448 g/mol. The van der Waals surface area contributed by atoms with Crippen LogP contribution in [0.15, 0.2) is 54.1 Å². The Balaban J connectivity index is 1.74. The third kappa shape index (κ3) is 3.84. The first-order valence-corrected chi connectivity index (χ1v) is 11.4. The van der Waals surface area contributed by atoms with E-state index in [1.54, 1.807) is 18.2 Å². The van der Waals surface area contributed by atoms with E-state index in [-0.39, 0.29) is 16.2 Å². The van der Waals surface area contributed by atoms with Gasteiger partial charge in [0.2, 0.25) is 0 Å². The topological polar surface area (TPSA) is 52.7 Å². The highest BCUT2D eigenvalue weighted by Gasteiger charge is 2.38. The molecule has 166 valence electrons. The van der Waals surface area contributed by atoms with Crippen molar-refractivity contribution in [3.8, 4) is 0 Å². The summed E-state index contributed by atoms with van der Waals surface area (Å²) in [6.07, 6.45) is 2.70. The quantitative estimate of drug-likeness (QED) is 0.408. The smallest absolute Gasteiger partial charge is 0.270 e. The van der Waals surface area contributed by atoms with Crippen molar-refractivity contribution in [3.63, 3.8) is 0 Å². The highest BCUT2D eigenvalue weighted by molar-refractivity contribution is 7.80. The number of carbonyl (C=O) groups is 2. The summed E-state index contributed by atoms with van der Waals surface area (Å²) in [5.41, 5.74) is 4.06. The van der Waals surface area contributed by atoms with Crippen LogP contribution in [0.25, 0.3) is 6.08 Å². The van der Waals surface area contributed by atoms with E-state index >= 15 is 0 Å². The molecule has 0 bridgehead atoms. The van der Waals surface area contributed by atoms with Gasteiger partial charge >= 0.3 is 0 Å². The summed E-state index contributed by atoms with van der Waals surface area (Å²) in [5, 5.41) is 2.75.